The van der Waals surface area contributed by atoms with E-state index < -0.39 is 0 Å². The van der Waals surface area contributed by atoms with Crippen LogP contribution in [0.2, 0.25) is 5.02 Å². The van der Waals surface area contributed by atoms with Gasteiger partial charge in [-0.2, -0.15) is 0 Å². The van der Waals surface area contributed by atoms with E-state index in [0.717, 1.165) is 30.3 Å². The number of hydrogen-bond donors (Lipinski definition) is 1. The van der Waals surface area contributed by atoms with Gasteiger partial charge in [0.05, 0.1) is 7.11 Å². The van der Waals surface area contributed by atoms with Gasteiger partial charge in [0.2, 0.25) is 0 Å². The average Bonchev–Trinajstić information content (AvgIpc) is 2.34. The summed E-state index contributed by atoms with van der Waals surface area (Å²) in [5.41, 5.74) is 1.22. The molecule has 108 valence electrons. The minimum atomic E-state index is 0.0419. The van der Waals surface area contributed by atoms with E-state index in [2.05, 4.69) is 33.0 Å². The van der Waals surface area contributed by atoms with Crippen LogP contribution < -0.4 is 10.1 Å². The SMILES string of the molecule is COc1ccc(Cl)cc1C(C)(C)CCNCC(C)C. The van der Waals surface area contributed by atoms with E-state index in [0.29, 0.717) is 5.92 Å². The van der Waals surface area contributed by atoms with Gasteiger partial charge in [-0.15, -0.1) is 0 Å². The monoisotopic (exact) mass is 283 g/mol. The van der Waals surface area contributed by atoms with Gasteiger partial charge in [-0.25, -0.2) is 0 Å². The fraction of sp³-hybridized carbons (Fsp3) is 0.625. The van der Waals surface area contributed by atoms with Crippen LogP contribution in [-0.4, -0.2) is 20.2 Å². The predicted molar refractivity (Wildman–Crippen MR) is 83.4 cm³/mol. The van der Waals surface area contributed by atoms with Gasteiger partial charge in [0.25, 0.3) is 0 Å². The summed E-state index contributed by atoms with van der Waals surface area (Å²) >= 11 is 6.11. The molecule has 0 aromatic heterocycles. The van der Waals surface area contributed by atoms with E-state index in [1.807, 2.05) is 18.2 Å². The number of rotatable bonds is 7. The van der Waals surface area contributed by atoms with Crippen LogP contribution in [0.3, 0.4) is 0 Å². The molecule has 2 nitrogen and oxygen atoms in total. The van der Waals surface area contributed by atoms with Gasteiger partial charge in [0.15, 0.2) is 0 Å². The second-order valence-corrected chi connectivity index (χ2v) is 6.51. The van der Waals surface area contributed by atoms with E-state index in [4.69, 9.17) is 16.3 Å². The van der Waals surface area contributed by atoms with Crippen LogP contribution in [0.25, 0.3) is 0 Å². The normalized spacial score (nSPS) is 11.9. The highest BCUT2D eigenvalue weighted by atomic mass is 35.5. The minimum Gasteiger partial charge on any atom is -0.496 e. The fourth-order valence-corrected chi connectivity index (χ4v) is 2.31. The van der Waals surface area contributed by atoms with E-state index in [9.17, 15) is 0 Å². The maximum atomic E-state index is 6.11. The maximum Gasteiger partial charge on any atom is 0.122 e. The molecule has 0 atom stereocenters. The molecule has 1 aromatic carbocycles. The highest BCUT2D eigenvalue weighted by Gasteiger charge is 2.24. The summed E-state index contributed by atoms with van der Waals surface area (Å²) in [5, 5.41) is 4.25. The van der Waals surface area contributed by atoms with Crippen LogP contribution >= 0.6 is 11.6 Å². The Morgan fingerprint density at radius 3 is 2.58 bits per heavy atom. The van der Waals surface area contributed by atoms with Crippen molar-refractivity contribution in [2.45, 2.75) is 39.5 Å². The molecule has 0 heterocycles. The lowest BCUT2D eigenvalue weighted by molar-refractivity contribution is 0.380. The lowest BCUT2D eigenvalue weighted by Gasteiger charge is -2.27. The van der Waals surface area contributed by atoms with Gasteiger partial charge in [-0.3, -0.25) is 0 Å². The van der Waals surface area contributed by atoms with Crippen molar-refractivity contribution in [1.29, 1.82) is 0 Å². The third-order valence-corrected chi connectivity index (χ3v) is 3.61. The topological polar surface area (TPSA) is 21.3 Å². The summed E-state index contributed by atoms with van der Waals surface area (Å²) in [5.74, 6) is 1.60. The maximum absolute atomic E-state index is 6.11. The first kappa shape index (κ1) is 16.3. The number of methoxy groups -OCH3 is 1. The number of benzene rings is 1. The van der Waals surface area contributed by atoms with Gasteiger partial charge >= 0.3 is 0 Å². The zero-order valence-corrected chi connectivity index (χ0v) is 13.5. The van der Waals surface area contributed by atoms with Gasteiger partial charge in [-0.1, -0.05) is 39.3 Å². The zero-order chi connectivity index (χ0) is 14.5. The summed E-state index contributed by atoms with van der Waals surface area (Å²) in [6, 6.07) is 5.83. The second kappa shape index (κ2) is 7.16. The lowest BCUT2D eigenvalue weighted by Crippen LogP contribution is -2.28. The van der Waals surface area contributed by atoms with Crippen molar-refractivity contribution in [1.82, 2.24) is 5.32 Å². The largest absolute Gasteiger partial charge is 0.496 e. The molecular weight excluding hydrogens is 258 g/mol. The third-order valence-electron chi connectivity index (χ3n) is 3.37. The van der Waals surface area contributed by atoms with Crippen molar-refractivity contribution < 1.29 is 4.74 Å². The molecule has 0 spiro atoms. The van der Waals surface area contributed by atoms with Gasteiger partial charge in [0, 0.05) is 10.6 Å². The second-order valence-electron chi connectivity index (χ2n) is 6.08. The van der Waals surface area contributed by atoms with Crippen LogP contribution in [0, 0.1) is 5.92 Å². The molecule has 0 radical (unpaired) electrons. The summed E-state index contributed by atoms with van der Waals surface area (Å²) in [4.78, 5) is 0. The number of halogens is 1. The van der Waals surface area contributed by atoms with Crippen LogP contribution in [-0.2, 0) is 5.41 Å². The van der Waals surface area contributed by atoms with Crippen molar-refractivity contribution in [3.8, 4) is 5.75 Å². The molecule has 0 amide bonds. The van der Waals surface area contributed by atoms with E-state index in [1.54, 1.807) is 7.11 Å². The first-order valence-electron chi connectivity index (χ1n) is 6.91. The third kappa shape index (κ3) is 5.04. The summed E-state index contributed by atoms with van der Waals surface area (Å²) in [6.45, 7) is 11.0. The zero-order valence-electron chi connectivity index (χ0n) is 12.7. The van der Waals surface area contributed by atoms with Crippen molar-refractivity contribution in [3.63, 3.8) is 0 Å². The van der Waals surface area contributed by atoms with Gasteiger partial charge in [-0.05, 0) is 49.0 Å². The minimum absolute atomic E-state index is 0.0419. The molecule has 3 heteroatoms. The Balaban J connectivity index is 2.73. The van der Waals surface area contributed by atoms with Gasteiger partial charge < -0.3 is 10.1 Å². The number of hydrogen-bond acceptors (Lipinski definition) is 2. The quantitative estimate of drug-likeness (QED) is 0.755. The first-order valence-corrected chi connectivity index (χ1v) is 7.29. The van der Waals surface area contributed by atoms with E-state index in [-0.39, 0.29) is 5.41 Å². The molecule has 1 N–H and O–H groups in total. The van der Waals surface area contributed by atoms with Crippen molar-refractivity contribution in [2.75, 3.05) is 20.2 Å². The number of ether oxygens (including phenoxy) is 1. The van der Waals surface area contributed by atoms with Crippen LogP contribution in [0.1, 0.15) is 39.7 Å². The molecule has 0 bridgehead atoms. The van der Waals surface area contributed by atoms with Crippen molar-refractivity contribution in [2.24, 2.45) is 5.92 Å². The molecule has 0 aliphatic rings. The fourth-order valence-electron chi connectivity index (χ4n) is 2.14. The smallest absolute Gasteiger partial charge is 0.122 e. The average molecular weight is 284 g/mol. The molecule has 1 aromatic rings. The van der Waals surface area contributed by atoms with Crippen LogP contribution in [0.15, 0.2) is 18.2 Å². The highest BCUT2D eigenvalue weighted by Crippen LogP contribution is 2.35. The molecule has 0 fully saturated rings. The first-order chi connectivity index (χ1) is 8.86. The Morgan fingerprint density at radius 1 is 1.32 bits per heavy atom. The molecule has 0 saturated carbocycles. The predicted octanol–water partition coefficient (Wildman–Crippen LogP) is 4.26. The summed E-state index contributed by atoms with van der Waals surface area (Å²) in [6.07, 6.45) is 1.05. The van der Waals surface area contributed by atoms with Crippen molar-refractivity contribution >= 4 is 11.6 Å². The van der Waals surface area contributed by atoms with Gasteiger partial charge in [0.1, 0.15) is 5.75 Å². The molecule has 0 aliphatic carbocycles. The Hall–Kier alpha value is -0.730. The Kier molecular flexibility index (Phi) is 6.15. The molecule has 0 saturated heterocycles. The Labute approximate surface area is 122 Å². The Morgan fingerprint density at radius 2 is 2.00 bits per heavy atom. The molecular formula is C16H26ClNO. The van der Waals surface area contributed by atoms with Crippen LogP contribution in [0.5, 0.6) is 5.75 Å². The summed E-state index contributed by atoms with van der Waals surface area (Å²) < 4.78 is 5.45. The standard InChI is InChI=1S/C16H26ClNO/c1-12(2)11-18-9-8-16(3,4)14-10-13(17)6-7-15(14)19-5/h6-7,10,12,18H,8-9,11H2,1-5H3. The van der Waals surface area contributed by atoms with E-state index >= 15 is 0 Å². The van der Waals surface area contributed by atoms with Crippen molar-refractivity contribution in [3.05, 3.63) is 28.8 Å². The molecule has 0 unspecified atom stereocenters. The lowest BCUT2D eigenvalue weighted by atomic mass is 9.81. The van der Waals surface area contributed by atoms with E-state index in [1.165, 1.54) is 5.56 Å². The highest BCUT2D eigenvalue weighted by molar-refractivity contribution is 6.30. The molecule has 0 aliphatic heterocycles. The number of nitrogens with one attached hydrogen (secondary N) is 1. The van der Waals surface area contributed by atoms with Crippen LogP contribution in [0.4, 0.5) is 0 Å². The molecule has 1 rings (SSSR count). The summed E-state index contributed by atoms with van der Waals surface area (Å²) in [7, 11) is 1.71. The molecule has 19 heavy (non-hydrogen) atoms. The Bertz CT molecular complexity index is 402.